The van der Waals surface area contributed by atoms with Crippen molar-refractivity contribution < 1.29 is 14.3 Å². The molecule has 140 valence electrons. The van der Waals surface area contributed by atoms with Gasteiger partial charge in [0.2, 0.25) is 0 Å². The number of carbonyl (C=O) groups is 1. The molecule has 0 fully saturated rings. The molecule has 2 rings (SSSR count). The third-order valence-electron chi connectivity index (χ3n) is 3.75. The van der Waals surface area contributed by atoms with Crippen LogP contribution in [0, 0.1) is 0 Å². The molecule has 0 saturated heterocycles. The minimum Gasteiger partial charge on any atom is -0.493 e. The Labute approximate surface area is 154 Å². The average molecular weight is 358 g/mol. The summed E-state index contributed by atoms with van der Waals surface area (Å²) in [6, 6.07) is 8.75. The molecule has 0 atom stereocenters. The first kappa shape index (κ1) is 19.5. The highest BCUT2D eigenvalue weighted by molar-refractivity contribution is 6.03. The van der Waals surface area contributed by atoms with E-state index in [-0.39, 0.29) is 5.91 Å². The Kier molecular flexibility index (Phi) is 7.23. The van der Waals surface area contributed by atoms with Gasteiger partial charge in [-0.2, -0.15) is 0 Å². The van der Waals surface area contributed by atoms with Crippen molar-refractivity contribution >= 4 is 17.3 Å². The molecule has 0 bridgehead atoms. The summed E-state index contributed by atoms with van der Waals surface area (Å²) in [4.78, 5) is 18.7. The van der Waals surface area contributed by atoms with Crippen LogP contribution in [0.25, 0.3) is 0 Å². The van der Waals surface area contributed by atoms with Crippen LogP contribution in [0.1, 0.15) is 16.9 Å². The van der Waals surface area contributed by atoms with Gasteiger partial charge in [-0.15, -0.1) is 0 Å². The number of methoxy groups -OCH3 is 2. The van der Waals surface area contributed by atoms with Gasteiger partial charge in [0.05, 0.1) is 26.1 Å². The zero-order valence-electron chi connectivity index (χ0n) is 15.7. The Hall–Kier alpha value is -2.80. The summed E-state index contributed by atoms with van der Waals surface area (Å²) in [5, 5.41) is 6.10. The van der Waals surface area contributed by atoms with E-state index in [1.807, 2.05) is 20.2 Å². The van der Waals surface area contributed by atoms with Crippen LogP contribution in [0.5, 0.6) is 11.5 Å². The topological polar surface area (TPSA) is 75.7 Å². The molecular weight excluding hydrogens is 332 g/mol. The number of nitrogens with zero attached hydrogens (tertiary/aromatic N) is 2. The number of hydrogen-bond donors (Lipinski definition) is 2. The zero-order valence-corrected chi connectivity index (χ0v) is 15.7. The van der Waals surface area contributed by atoms with Crippen LogP contribution < -0.4 is 20.1 Å². The molecule has 0 radical (unpaired) electrons. The average Bonchev–Trinajstić information content (AvgIpc) is 2.65. The molecule has 0 spiro atoms. The molecule has 0 saturated carbocycles. The van der Waals surface area contributed by atoms with Crippen molar-refractivity contribution in [1.29, 1.82) is 0 Å². The number of carbonyl (C=O) groups excluding carboxylic acids is 1. The Balaban J connectivity index is 1.93. The molecule has 0 aliphatic carbocycles. The molecule has 2 N–H and O–H groups in total. The maximum absolute atomic E-state index is 12.3. The Morgan fingerprint density at radius 1 is 1.08 bits per heavy atom. The quantitative estimate of drug-likeness (QED) is 0.671. The van der Waals surface area contributed by atoms with Crippen LogP contribution in [0.4, 0.5) is 11.4 Å². The molecule has 1 aromatic heterocycles. The smallest absolute Gasteiger partial charge is 0.274 e. The molecule has 0 aliphatic rings. The minimum absolute atomic E-state index is 0.281. The van der Waals surface area contributed by atoms with Gasteiger partial charge in [0.25, 0.3) is 5.91 Å². The second-order valence-electron chi connectivity index (χ2n) is 6.04. The summed E-state index contributed by atoms with van der Waals surface area (Å²) < 4.78 is 10.4. The highest BCUT2D eigenvalue weighted by Crippen LogP contribution is 2.29. The van der Waals surface area contributed by atoms with Gasteiger partial charge in [-0.05, 0) is 51.3 Å². The second kappa shape index (κ2) is 9.62. The fraction of sp³-hybridized carbons (Fsp3) is 0.368. The molecular formula is C19H26N4O3. The van der Waals surface area contributed by atoms with E-state index in [2.05, 4.69) is 20.5 Å². The largest absolute Gasteiger partial charge is 0.493 e. The first-order chi connectivity index (χ1) is 12.5. The highest BCUT2D eigenvalue weighted by Gasteiger charge is 2.10. The van der Waals surface area contributed by atoms with Gasteiger partial charge in [-0.25, -0.2) is 4.98 Å². The van der Waals surface area contributed by atoms with Gasteiger partial charge >= 0.3 is 0 Å². The molecule has 1 heterocycles. The van der Waals surface area contributed by atoms with Crippen LogP contribution in [-0.4, -0.2) is 57.2 Å². The van der Waals surface area contributed by atoms with Crippen molar-refractivity contribution in [3.8, 4) is 11.5 Å². The van der Waals surface area contributed by atoms with Gasteiger partial charge in [0.1, 0.15) is 5.69 Å². The predicted molar refractivity (Wildman–Crippen MR) is 103 cm³/mol. The fourth-order valence-corrected chi connectivity index (χ4v) is 2.37. The van der Waals surface area contributed by atoms with E-state index in [1.54, 1.807) is 44.7 Å². The number of nitrogens with one attached hydrogen (secondary N) is 2. The Morgan fingerprint density at radius 3 is 2.42 bits per heavy atom. The number of aromatic nitrogens is 1. The summed E-state index contributed by atoms with van der Waals surface area (Å²) in [5.41, 5.74) is 1.85. The lowest BCUT2D eigenvalue weighted by Crippen LogP contribution is -2.16. The number of hydrogen-bond acceptors (Lipinski definition) is 6. The zero-order chi connectivity index (χ0) is 18.9. The van der Waals surface area contributed by atoms with E-state index in [0.29, 0.717) is 22.9 Å². The maximum atomic E-state index is 12.3. The molecule has 2 aromatic rings. The highest BCUT2D eigenvalue weighted by atomic mass is 16.5. The standard InChI is InChI=1S/C19H26N4O3/c1-23(2)11-5-10-20-15-6-8-16(21-13-15)19(24)22-14-7-9-17(25-3)18(12-14)26-4/h6-9,12-13,20H,5,10-11H2,1-4H3,(H,22,24). The molecule has 7 nitrogen and oxygen atoms in total. The van der Waals surface area contributed by atoms with E-state index < -0.39 is 0 Å². The molecule has 7 heteroatoms. The lowest BCUT2D eigenvalue weighted by molar-refractivity contribution is 0.102. The van der Waals surface area contributed by atoms with Gasteiger partial charge in [-0.1, -0.05) is 0 Å². The van der Waals surface area contributed by atoms with E-state index >= 15 is 0 Å². The van der Waals surface area contributed by atoms with Crippen molar-refractivity contribution in [2.24, 2.45) is 0 Å². The first-order valence-corrected chi connectivity index (χ1v) is 8.41. The van der Waals surface area contributed by atoms with Crippen molar-refractivity contribution in [3.63, 3.8) is 0 Å². The number of pyridine rings is 1. The SMILES string of the molecule is COc1ccc(NC(=O)c2ccc(NCCCN(C)C)cn2)cc1OC. The van der Waals surface area contributed by atoms with Crippen LogP contribution in [0.2, 0.25) is 0 Å². The third kappa shape index (κ3) is 5.63. The summed E-state index contributed by atoms with van der Waals surface area (Å²) in [7, 11) is 7.21. The monoisotopic (exact) mass is 358 g/mol. The fourth-order valence-electron chi connectivity index (χ4n) is 2.37. The lowest BCUT2D eigenvalue weighted by Gasteiger charge is -2.11. The molecule has 26 heavy (non-hydrogen) atoms. The number of benzene rings is 1. The third-order valence-corrected chi connectivity index (χ3v) is 3.75. The summed E-state index contributed by atoms with van der Waals surface area (Å²) >= 11 is 0. The van der Waals surface area contributed by atoms with E-state index in [0.717, 1.165) is 25.2 Å². The van der Waals surface area contributed by atoms with Crippen molar-refractivity contribution in [3.05, 3.63) is 42.2 Å². The Morgan fingerprint density at radius 2 is 1.81 bits per heavy atom. The van der Waals surface area contributed by atoms with Gasteiger partial charge in [0, 0.05) is 18.3 Å². The number of ether oxygens (including phenoxy) is 2. The predicted octanol–water partition coefficient (Wildman–Crippen LogP) is 2.71. The summed E-state index contributed by atoms with van der Waals surface area (Å²) in [6.45, 7) is 1.88. The molecule has 0 aliphatic heterocycles. The van der Waals surface area contributed by atoms with Crippen LogP contribution >= 0.6 is 0 Å². The van der Waals surface area contributed by atoms with E-state index in [4.69, 9.17) is 9.47 Å². The molecule has 1 aromatic carbocycles. The van der Waals surface area contributed by atoms with E-state index in [1.165, 1.54) is 0 Å². The summed E-state index contributed by atoms with van der Waals surface area (Å²) in [6.07, 6.45) is 2.70. The van der Waals surface area contributed by atoms with Crippen molar-refractivity contribution in [1.82, 2.24) is 9.88 Å². The molecule has 1 amide bonds. The maximum Gasteiger partial charge on any atom is 0.274 e. The van der Waals surface area contributed by atoms with Crippen LogP contribution in [0.15, 0.2) is 36.5 Å². The van der Waals surface area contributed by atoms with Gasteiger partial charge in [-0.3, -0.25) is 4.79 Å². The Bertz CT molecular complexity index is 717. The minimum atomic E-state index is -0.281. The van der Waals surface area contributed by atoms with Gasteiger partial charge < -0.3 is 25.0 Å². The van der Waals surface area contributed by atoms with Crippen molar-refractivity contribution in [2.75, 3.05) is 52.0 Å². The first-order valence-electron chi connectivity index (χ1n) is 8.41. The number of rotatable bonds is 9. The molecule has 0 unspecified atom stereocenters. The number of anilines is 2. The van der Waals surface area contributed by atoms with Gasteiger partial charge in [0.15, 0.2) is 11.5 Å². The van der Waals surface area contributed by atoms with Crippen LogP contribution in [-0.2, 0) is 0 Å². The second-order valence-corrected chi connectivity index (χ2v) is 6.04. The normalized spacial score (nSPS) is 10.5. The van der Waals surface area contributed by atoms with Crippen molar-refractivity contribution in [2.45, 2.75) is 6.42 Å². The summed E-state index contributed by atoms with van der Waals surface area (Å²) in [5.74, 6) is 0.875. The van der Waals surface area contributed by atoms with E-state index in [9.17, 15) is 4.79 Å². The van der Waals surface area contributed by atoms with Crippen LogP contribution in [0.3, 0.4) is 0 Å². The lowest BCUT2D eigenvalue weighted by atomic mass is 10.2. The number of amides is 1.